The normalized spacial score (nSPS) is 10.2. The van der Waals surface area contributed by atoms with Crippen LogP contribution < -0.4 is 10.6 Å². The van der Waals surface area contributed by atoms with Crippen LogP contribution in [-0.2, 0) is 0 Å². The molecule has 0 aliphatic carbocycles. The second-order valence-corrected chi connectivity index (χ2v) is 6.07. The number of aromatic nitrogens is 2. The number of benzene rings is 2. The molecule has 3 rings (SSSR count). The molecule has 0 bridgehead atoms. The van der Waals surface area contributed by atoms with Crippen molar-refractivity contribution in [1.82, 2.24) is 9.97 Å². The Kier molecular flexibility index (Phi) is 5.03. The standard InChI is InChI=1S/C18H13Cl2N5/c1-11-22-17(24-13-4-2-3-12(7-13)10-21)9-18(23-11)25-14-5-6-15(19)16(20)8-14/h2-9H,1H3,(H2,22,23,24,25). The van der Waals surface area contributed by atoms with Crippen molar-refractivity contribution in [2.75, 3.05) is 10.6 Å². The first-order chi connectivity index (χ1) is 12.0. The third-order valence-corrected chi connectivity index (χ3v) is 4.03. The molecule has 0 aliphatic heterocycles. The minimum Gasteiger partial charge on any atom is -0.340 e. The van der Waals surface area contributed by atoms with Crippen LogP contribution in [0, 0.1) is 18.3 Å². The molecule has 0 fully saturated rings. The van der Waals surface area contributed by atoms with Gasteiger partial charge in [0.25, 0.3) is 0 Å². The van der Waals surface area contributed by atoms with Gasteiger partial charge >= 0.3 is 0 Å². The molecule has 2 N–H and O–H groups in total. The first kappa shape index (κ1) is 17.0. The van der Waals surface area contributed by atoms with E-state index in [2.05, 4.69) is 26.7 Å². The maximum atomic E-state index is 8.99. The summed E-state index contributed by atoms with van der Waals surface area (Å²) in [5, 5.41) is 16.3. The van der Waals surface area contributed by atoms with Crippen LogP contribution in [0.4, 0.5) is 23.0 Å². The van der Waals surface area contributed by atoms with Crippen LogP contribution in [0.3, 0.4) is 0 Å². The van der Waals surface area contributed by atoms with Gasteiger partial charge in [-0.05, 0) is 43.3 Å². The maximum Gasteiger partial charge on any atom is 0.136 e. The number of nitrogens with zero attached hydrogens (tertiary/aromatic N) is 3. The topological polar surface area (TPSA) is 73.6 Å². The van der Waals surface area contributed by atoms with E-state index >= 15 is 0 Å². The van der Waals surface area contributed by atoms with Crippen molar-refractivity contribution in [3.05, 3.63) is 70.0 Å². The molecule has 0 spiro atoms. The number of nitrogens with one attached hydrogen (secondary N) is 2. The molecule has 124 valence electrons. The Morgan fingerprint density at radius 3 is 2.20 bits per heavy atom. The fourth-order valence-electron chi connectivity index (χ4n) is 2.23. The summed E-state index contributed by atoms with van der Waals surface area (Å²) in [6.45, 7) is 1.80. The molecule has 3 aromatic rings. The van der Waals surface area contributed by atoms with Crippen LogP contribution in [0.25, 0.3) is 0 Å². The van der Waals surface area contributed by atoms with Crippen LogP contribution in [0.2, 0.25) is 10.0 Å². The van der Waals surface area contributed by atoms with Crippen LogP contribution in [0.15, 0.2) is 48.5 Å². The highest BCUT2D eigenvalue weighted by Crippen LogP contribution is 2.27. The number of hydrogen-bond donors (Lipinski definition) is 2. The van der Waals surface area contributed by atoms with Crippen LogP contribution >= 0.6 is 23.2 Å². The van der Waals surface area contributed by atoms with Crippen molar-refractivity contribution in [3.63, 3.8) is 0 Å². The second-order valence-electron chi connectivity index (χ2n) is 5.26. The number of hydrogen-bond acceptors (Lipinski definition) is 5. The summed E-state index contributed by atoms with van der Waals surface area (Å²) in [5.74, 6) is 1.83. The lowest BCUT2D eigenvalue weighted by Gasteiger charge is -2.11. The molecule has 0 radical (unpaired) electrons. The summed E-state index contributed by atoms with van der Waals surface area (Å²) in [6.07, 6.45) is 0. The Labute approximate surface area is 155 Å². The lowest BCUT2D eigenvalue weighted by Crippen LogP contribution is -2.01. The summed E-state index contributed by atoms with van der Waals surface area (Å²) < 4.78 is 0. The van der Waals surface area contributed by atoms with Gasteiger partial charge in [0.15, 0.2) is 0 Å². The lowest BCUT2D eigenvalue weighted by atomic mass is 10.2. The van der Waals surface area contributed by atoms with E-state index in [0.717, 1.165) is 11.4 Å². The number of aryl methyl sites for hydroxylation is 1. The van der Waals surface area contributed by atoms with E-state index in [-0.39, 0.29) is 0 Å². The van der Waals surface area contributed by atoms with E-state index in [0.29, 0.717) is 33.1 Å². The van der Waals surface area contributed by atoms with Crippen molar-refractivity contribution < 1.29 is 0 Å². The zero-order valence-corrected chi connectivity index (χ0v) is 14.7. The van der Waals surface area contributed by atoms with Crippen molar-refractivity contribution in [2.24, 2.45) is 0 Å². The van der Waals surface area contributed by atoms with Gasteiger partial charge in [-0.25, -0.2) is 9.97 Å². The van der Waals surface area contributed by atoms with Crippen molar-refractivity contribution in [3.8, 4) is 6.07 Å². The van der Waals surface area contributed by atoms with Crippen molar-refractivity contribution in [1.29, 1.82) is 5.26 Å². The first-order valence-corrected chi connectivity index (χ1v) is 8.14. The molecule has 1 aromatic heterocycles. The van der Waals surface area contributed by atoms with Crippen LogP contribution in [0.1, 0.15) is 11.4 Å². The van der Waals surface area contributed by atoms with E-state index in [1.54, 1.807) is 37.3 Å². The molecule has 25 heavy (non-hydrogen) atoms. The Morgan fingerprint density at radius 2 is 1.56 bits per heavy atom. The molecular weight excluding hydrogens is 357 g/mol. The van der Waals surface area contributed by atoms with Gasteiger partial charge in [-0.15, -0.1) is 0 Å². The molecule has 0 aliphatic rings. The van der Waals surface area contributed by atoms with Gasteiger partial charge in [-0.2, -0.15) is 5.26 Å². The number of halogens is 2. The molecule has 0 atom stereocenters. The summed E-state index contributed by atoms with van der Waals surface area (Å²) in [5.41, 5.74) is 2.12. The Bertz CT molecular complexity index is 966. The van der Waals surface area contributed by atoms with Gasteiger partial charge in [-0.1, -0.05) is 29.3 Å². The van der Waals surface area contributed by atoms with Gasteiger partial charge in [0, 0.05) is 17.4 Å². The second kappa shape index (κ2) is 7.39. The minimum absolute atomic E-state index is 0.462. The summed E-state index contributed by atoms with van der Waals surface area (Å²) in [4.78, 5) is 8.73. The first-order valence-electron chi connectivity index (χ1n) is 7.38. The molecule has 0 unspecified atom stereocenters. The third-order valence-electron chi connectivity index (χ3n) is 3.29. The summed E-state index contributed by atoms with van der Waals surface area (Å²) >= 11 is 12.0. The highest BCUT2D eigenvalue weighted by molar-refractivity contribution is 6.42. The number of anilines is 4. The average Bonchev–Trinajstić information content (AvgIpc) is 2.58. The van der Waals surface area contributed by atoms with Crippen LogP contribution in [0.5, 0.6) is 0 Å². The molecule has 1 heterocycles. The summed E-state index contributed by atoms with van der Waals surface area (Å²) in [6, 6.07) is 16.3. The third kappa shape index (κ3) is 4.38. The smallest absolute Gasteiger partial charge is 0.136 e. The highest BCUT2D eigenvalue weighted by atomic mass is 35.5. The fourth-order valence-corrected chi connectivity index (χ4v) is 2.53. The van der Waals surface area contributed by atoms with Crippen molar-refractivity contribution in [2.45, 2.75) is 6.92 Å². The molecule has 0 amide bonds. The quantitative estimate of drug-likeness (QED) is 0.639. The van der Waals surface area contributed by atoms with Gasteiger partial charge in [0.05, 0.1) is 21.7 Å². The SMILES string of the molecule is Cc1nc(Nc2cccc(C#N)c2)cc(Nc2ccc(Cl)c(Cl)c2)n1. The minimum atomic E-state index is 0.462. The average molecular weight is 370 g/mol. The molecule has 0 saturated carbocycles. The zero-order chi connectivity index (χ0) is 17.8. The Hall–Kier alpha value is -2.81. The molecule has 7 heteroatoms. The lowest BCUT2D eigenvalue weighted by molar-refractivity contribution is 1.06. The molecule has 5 nitrogen and oxygen atoms in total. The predicted octanol–water partition coefficient (Wildman–Crippen LogP) is 5.45. The van der Waals surface area contributed by atoms with E-state index in [1.807, 2.05) is 18.2 Å². The number of nitriles is 1. The molecule has 0 saturated heterocycles. The maximum absolute atomic E-state index is 8.99. The van der Waals surface area contributed by atoms with E-state index in [9.17, 15) is 0 Å². The highest BCUT2D eigenvalue weighted by Gasteiger charge is 2.05. The van der Waals surface area contributed by atoms with Crippen molar-refractivity contribution >= 4 is 46.2 Å². The summed E-state index contributed by atoms with van der Waals surface area (Å²) in [7, 11) is 0. The van der Waals surface area contributed by atoms with Gasteiger partial charge in [-0.3, -0.25) is 0 Å². The van der Waals surface area contributed by atoms with Gasteiger partial charge in [0.1, 0.15) is 17.5 Å². The van der Waals surface area contributed by atoms with E-state index in [1.165, 1.54) is 0 Å². The fraction of sp³-hybridized carbons (Fsp3) is 0.0556. The Morgan fingerprint density at radius 1 is 0.880 bits per heavy atom. The predicted molar refractivity (Wildman–Crippen MR) is 101 cm³/mol. The monoisotopic (exact) mass is 369 g/mol. The van der Waals surface area contributed by atoms with Gasteiger partial charge in [0.2, 0.25) is 0 Å². The molecule has 2 aromatic carbocycles. The van der Waals surface area contributed by atoms with E-state index < -0.39 is 0 Å². The largest absolute Gasteiger partial charge is 0.340 e. The van der Waals surface area contributed by atoms with Gasteiger partial charge < -0.3 is 10.6 Å². The van der Waals surface area contributed by atoms with Crippen LogP contribution in [-0.4, -0.2) is 9.97 Å². The zero-order valence-electron chi connectivity index (χ0n) is 13.2. The molecular formula is C18H13Cl2N5. The van der Waals surface area contributed by atoms with E-state index in [4.69, 9.17) is 28.5 Å². The number of rotatable bonds is 4. The Balaban J connectivity index is 1.84.